The predicted molar refractivity (Wildman–Crippen MR) is 85.5 cm³/mol. The number of hydrogen-bond acceptors (Lipinski definition) is 5. The van der Waals surface area contributed by atoms with E-state index in [1.807, 2.05) is 36.1 Å². The number of para-hydroxylation sites is 2. The number of rotatable bonds is 4. The maximum Gasteiger partial charge on any atom is 0.293 e. The summed E-state index contributed by atoms with van der Waals surface area (Å²) in [5, 5.41) is 0. The standard InChI is InChI=1S/C16H21N3O3/c1-3-19-14-7-5-4-6-13(14)17-15(16(19)20)18-8-9-22-12(10-18)11-21-2/h4-7,12H,3,8-11H2,1-2H3/t12-/m0/s1. The Bertz CT molecular complexity index is 711. The van der Waals surface area contributed by atoms with Crippen LogP contribution in [0, 0.1) is 0 Å². The molecule has 0 spiro atoms. The van der Waals surface area contributed by atoms with E-state index in [4.69, 9.17) is 9.47 Å². The van der Waals surface area contributed by atoms with Gasteiger partial charge in [-0.1, -0.05) is 12.1 Å². The molecule has 1 saturated heterocycles. The first-order chi connectivity index (χ1) is 10.7. The number of methoxy groups -OCH3 is 1. The lowest BCUT2D eigenvalue weighted by Crippen LogP contribution is -2.47. The molecule has 0 bridgehead atoms. The number of aryl methyl sites for hydroxylation is 1. The van der Waals surface area contributed by atoms with Gasteiger partial charge >= 0.3 is 0 Å². The zero-order chi connectivity index (χ0) is 15.5. The van der Waals surface area contributed by atoms with Gasteiger partial charge in [0.15, 0.2) is 5.82 Å². The zero-order valence-corrected chi connectivity index (χ0v) is 13.0. The minimum absolute atomic E-state index is 0.0264. The van der Waals surface area contributed by atoms with Gasteiger partial charge in [0.2, 0.25) is 0 Å². The average Bonchev–Trinajstić information content (AvgIpc) is 2.55. The van der Waals surface area contributed by atoms with Crippen LogP contribution in [-0.2, 0) is 16.0 Å². The quantitative estimate of drug-likeness (QED) is 0.851. The topological polar surface area (TPSA) is 56.6 Å². The number of aromatic nitrogens is 2. The molecule has 1 fully saturated rings. The fraction of sp³-hybridized carbons (Fsp3) is 0.500. The summed E-state index contributed by atoms with van der Waals surface area (Å²) in [5.41, 5.74) is 1.67. The summed E-state index contributed by atoms with van der Waals surface area (Å²) < 4.78 is 12.6. The van der Waals surface area contributed by atoms with E-state index in [-0.39, 0.29) is 11.7 Å². The van der Waals surface area contributed by atoms with Crippen LogP contribution < -0.4 is 10.5 Å². The molecule has 22 heavy (non-hydrogen) atoms. The highest BCUT2D eigenvalue weighted by Crippen LogP contribution is 2.17. The van der Waals surface area contributed by atoms with Crippen molar-refractivity contribution in [2.24, 2.45) is 0 Å². The smallest absolute Gasteiger partial charge is 0.293 e. The fourth-order valence-corrected chi connectivity index (χ4v) is 2.90. The Morgan fingerprint density at radius 3 is 3.00 bits per heavy atom. The molecule has 0 N–H and O–H groups in total. The van der Waals surface area contributed by atoms with Gasteiger partial charge in [-0.25, -0.2) is 4.98 Å². The zero-order valence-electron chi connectivity index (χ0n) is 13.0. The minimum Gasteiger partial charge on any atom is -0.382 e. The predicted octanol–water partition coefficient (Wildman–Crippen LogP) is 1.27. The van der Waals surface area contributed by atoms with E-state index < -0.39 is 0 Å². The highest BCUT2D eigenvalue weighted by Gasteiger charge is 2.24. The largest absolute Gasteiger partial charge is 0.382 e. The molecule has 1 aromatic heterocycles. The Balaban J connectivity index is 2.03. The van der Waals surface area contributed by atoms with Gasteiger partial charge in [-0.05, 0) is 19.1 Å². The van der Waals surface area contributed by atoms with Crippen LogP contribution in [0.1, 0.15) is 6.92 Å². The van der Waals surface area contributed by atoms with E-state index >= 15 is 0 Å². The molecule has 2 heterocycles. The lowest BCUT2D eigenvalue weighted by atomic mass is 10.2. The van der Waals surface area contributed by atoms with Gasteiger partial charge in [0.05, 0.1) is 30.4 Å². The molecule has 1 aliphatic rings. The molecule has 0 amide bonds. The summed E-state index contributed by atoms with van der Waals surface area (Å²) in [7, 11) is 1.65. The third-order valence-corrected chi connectivity index (χ3v) is 3.94. The Kier molecular flexibility index (Phi) is 4.40. The van der Waals surface area contributed by atoms with Crippen molar-refractivity contribution in [2.75, 3.05) is 38.3 Å². The van der Waals surface area contributed by atoms with E-state index in [1.165, 1.54) is 0 Å². The summed E-state index contributed by atoms with van der Waals surface area (Å²) >= 11 is 0. The summed E-state index contributed by atoms with van der Waals surface area (Å²) in [6.45, 7) is 4.99. The normalized spacial score (nSPS) is 18.8. The summed E-state index contributed by atoms with van der Waals surface area (Å²) in [4.78, 5) is 19.4. The van der Waals surface area contributed by atoms with Gasteiger partial charge in [-0.3, -0.25) is 4.79 Å². The number of anilines is 1. The number of nitrogens with zero attached hydrogens (tertiary/aromatic N) is 3. The first-order valence-electron chi connectivity index (χ1n) is 7.59. The lowest BCUT2D eigenvalue weighted by Gasteiger charge is -2.33. The van der Waals surface area contributed by atoms with E-state index in [9.17, 15) is 4.79 Å². The Hall–Kier alpha value is -1.92. The third-order valence-electron chi connectivity index (χ3n) is 3.94. The average molecular weight is 303 g/mol. The van der Waals surface area contributed by atoms with Crippen LogP contribution >= 0.6 is 0 Å². The molecule has 0 saturated carbocycles. The van der Waals surface area contributed by atoms with Crippen molar-refractivity contribution in [3.8, 4) is 0 Å². The van der Waals surface area contributed by atoms with Crippen LogP contribution in [0.15, 0.2) is 29.1 Å². The van der Waals surface area contributed by atoms with Crippen LogP contribution in [0.3, 0.4) is 0 Å². The van der Waals surface area contributed by atoms with Crippen LogP contribution in [0.2, 0.25) is 0 Å². The molecule has 0 unspecified atom stereocenters. The Morgan fingerprint density at radius 2 is 2.23 bits per heavy atom. The number of fused-ring (bicyclic) bond motifs is 1. The molecule has 118 valence electrons. The minimum atomic E-state index is -0.0423. The van der Waals surface area contributed by atoms with Gasteiger partial charge in [0.1, 0.15) is 0 Å². The number of hydrogen-bond donors (Lipinski definition) is 0. The van der Waals surface area contributed by atoms with E-state index in [0.29, 0.717) is 38.7 Å². The van der Waals surface area contributed by atoms with Gasteiger partial charge < -0.3 is 18.9 Å². The first-order valence-corrected chi connectivity index (χ1v) is 7.59. The molecule has 6 heteroatoms. The molecule has 1 atom stereocenters. The van der Waals surface area contributed by atoms with Crippen LogP contribution in [0.5, 0.6) is 0 Å². The van der Waals surface area contributed by atoms with Crippen molar-refractivity contribution in [1.29, 1.82) is 0 Å². The van der Waals surface area contributed by atoms with Crippen molar-refractivity contribution in [1.82, 2.24) is 9.55 Å². The summed E-state index contributed by atoms with van der Waals surface area (Å²) in [6.07, 6.45) is -0.0264. The highest BCUT2D eigenvalue weighted by atomic mass is 16.5. The third kappa shape index (κ3) is 2.71. The molecule has 0 radical (unpaired) electrons. The number of ether oxygens (including phenoxy) is 2. The van der Waals surface area contributed by atoms with E-state index in [2.05, 4.69) is 4.98 Å². The molecule has 3 rings (SSSR count). The van der Waals surface area contributed by atoms with Gasteiger partial charge in [0, 0.05) is 26.7 Å². The van der Waals surface area contributed by atoms with Gasteiger partial charge in [-0.2, -0.15) is 0 Å². The van der Waals surface area contributed by atoms with Crippen LogP contribution in [0.25, 0.3) is 11.0 Å². The first kappa shape index (κ1) is 15.0. The molecule has 1 aromatic carbocycles. The Labute approximate surface area is 129 Å². The van der Waals surface area contributed by atoms with Crippen molar-refractivity contribution < 1.29 is 9.47 Å². The van der Waals surface area contributed by atoms with Crippen LogP contribution in [0.4, 0.5) is 5.82 Å². The molecule has 2 aromatic rings. The van der Waals surface area contributed by atoms with Crippen molar-refractivity contribution in [3.05, 3.63) is 34.6 Å². The summed E-state index contributed by atoms with van der Waals surface area (Å²) in [6, 6.07) is 7.75. The monoisotopic (exact) mass is 303 g/mol. The second-order valence-corrected chi connectivity index (χ2v) is 5.37. The van der Waals surface area contributed by atoms with Crippen molar-refractivity contribution in [2.45, 2.75) is 19.6 Å². The van der Waals surface area contributed by atoms with Gasteiger partial charge in [0.25, 0.3) is 5.56 Å². The molecule has 0 aliphatic carbocycles. The second-order valence-electron chi connectivity index (χ2n) is 5.37. The molecular weight excluding hydrogens is 282 g/mol. The number of morpholine rings is 1. The lowest BCUT2D eigenvalue weighted by molar-refractivity contribution is -0.0103. The van der Waals surface area contributed by atoms with E-state index in [1.54, 1.807) is 11.7 Å². The second kappa shape index (κ2) is 6.46. The van der Waals surface area contributed by atoms with Crippen molar-refractivity contribution in [3.63, 3.8) is 0 Å². The van der Waals surface area contributed by atoms with Crippen molar-refractivity contribution >= 4 is 16.9 Å². The number of benzene rings is 1. The Morgan fingerprint density at radius 1 is 1.41 bits per heavy atom. The molecule has 1 aliphatic heterocycles. The highest BCUT2D eigenvalue weighted by molar-refractivity contribution is 5.76. The van der Waals surface area contributed by atoms with Crippen LogP contribution in [-0.4, -0.2) is 49.1 Å². The maximum atomic E-state index is 12.8. The fourth-order valence-electron chi connectivity index (χ4n) is 2.90. The SMILES string of the molecule is CCn1c(=O)c(N2CCO[C@H](COC)C2)nc2ccccc21. The van der Waals surface area contributed by atoms with Gasteiger partial charge in [-0.15, -0.1) is 0 Å². The maximum absolute atomic E-state index is 12.8. The van der Waals surface area contributed by atoms with E-state index in [0.717, 1.165) is 11.0 Å². The molecule has 6 nitrogen and oxygen atoms in total. The molecular formula is C16H21N3O3. The summed E-state index contributed by atoms with van der Waals surface area (Å²) in [5.74, 6) is 0.505.